The van der Waals surface area contributed by atoms with Crippen LogP contribution >= 0.6 is 11.8 Å². The third-order valence-corrected chi connectivity index (χ3v) is 6.10. The van der Waals surface area contributed by atoms with Crippen molar-refractivity contribution in [3.05, 3.63) is 0 Å². The number of carbonyl (C=O) groups excluding carboxylic acids is 1. The highest BCUT2D eigenvalue weighted by Gasteiger charge is 2.28. The molecule has 1 aliphatic heterocycles. The molecule has 2 rings (SSSR count). The molecule has 0 aromatic carbocycles. The molecule has 21 heavy (non-hydrogen) atoms. The molecule has 0 aromatic rings. The first-order valence-electron chi connectivity index (χ1n) is 8.45. The monoisotopic (exact) mass is 314 g/mol. The van der Waals surface area contributed by atoms with E-state index in [1.807, 2.05) is 23.6 Å². The Labute approximate surface area is 133 Å². The summed E-state index contributed by atoms with van der Waals surface area (Å²) < 4.78 is 0. The first-order chi connectivity index (χ1) is 10.1. The maximum Gasteiger partial charge on any atom is 0.317 e. The van der Waals surface area contributed by atoms with Gasteiger partial charge in [-0.05, 0) is 50.7 Å². The van der Waals surface area contributed by atoms with E-state index >= 15 is 0 Å². The van der Waals surface area contributed by atoms with Crippen molar-refractivity contribution in [2.45, 2.75) is 69.8 Å². The molecule has 0 radical (unpaired) electrons. The molecular formula is C16H30N2O2S. The maximum absolute atomic E-state index is 12.4. The van der Waals surface area contributed by atoms with Crippen LogP contribution in [0.15, 0.2) is 0 Å². The zero-order valence-corrected chi connectivity index (χ0v) is 14.2. The van der Waals surface area contributed by atoms with Gasteiger partial charge >= 0.3 is 6.03 Å². The van der Waals surface area contributed by atoms with Crippen molar-refractivity contribution in [1.82, 2.24) is 10.2 Å². The smallest absolute Gasteiger partial charge is 0.317 e. The molecule has 0 spiro atoms. The van der Waals surface area contributed by atoms with Gasteiger partial charge in [-0.3, -0.25) is 0 Å². The fraction of sp³-hybridized carbons (Fsp3) is 0.938. The summed E-state index contributed by atoms with van der Waals surface area (Å²) in [5.74, 6) is 1.52. The van der Waals surface area contributed by atoms with Crippen molar-refractivity contribution < 1.29 is 9.90 Å². The van der Waals surface area contributed by atoms with E-state index in [-0.39, 0.29) is 12.1 Å². The molecule has 1 saturated heterocycles. The molecule has 0 aromatic heterocycles. The molecule has 1 heterocycles. The number of hydrogen-bond donors (Lipinski definition) is 2. The fourth-order valence-corrected chi connectivity index (χ4v) is 4.69. The van der Waals surface area contributed by atoms with Crippen molar-refractivity contribution in [2.75, 3.05) is 18.8 Å². The molecular weight excluding hydrogens is 284 g/mol. The van der Waals surface area contributed by atoms with Crippen LogP contribution in [0.2, 0.25) is 0 Å². The summed E-state index contributed by atoms with van der Waals surface area (Å²) in [5.41, 5.74) is 0. The molecule has 2 fully saturated rings. The summed E-state index contributed by atoms with van der Waals surface area (Å²) in [5, 5.41) is 13.6. The number of carbonyl (C=O) groups is 1. The summed E-state index contributed by atoms with van der Waals surface area (Å²) in [6.45, 7) is 5.62. The fourth-order valence-electron chi connectivity index (χ4n) is 3.51. The van der Waals surface area contributed by atoms with Gasteiger partial charge in [0.2, 0.25) is 0 Å². The molecule has 1 saturated carbocycles. The molecule has 2 amide bonds. The van der Waals surface area contributed by atoms with Crippen molar-refractivity contribution in [1.29, 1.82) is 0 Å². The number of aliphatic hydroxyl groups excluding tert-OH is 1. The van der Waals surface area contributed by atoms with E-state index in [1.54, 1.807) is 0 Å². The van der Waals surface area contributed by atoms with Gasteiger partial charge in [-0.15, -0.1) is 0 Å². The topological polar surface area (TPSA) is 52.6 Å². The van der Waals surface area contributed by atoms with E-state index in [4.69, 9.17) is 0 Å². The molecule has 122 valence electrons. The Kier molecular flexibility index (Phi) is 6.68. The third kappa shape index (κ3) is 5.06. The molecule has 5 heteroatoms. The normalized spacial score (nSPS) is 29.2. The number of nitrogens with one attached hydrogen (secondary N) is 1. The Morgan fingerprint density at radius 1 is 1.33 bits per heavy atom. The van der Waals surface area contributed by atoms with Crippen LogP contribution in [0.25, 0.3) is 0 Å². The van der Waals surface area contributed by atoms with Crippen LogP contribution in [0.5, 0.6) is 0 Å². The second kappa shape index (κ2) is 8.28. The van der Waals surface area contributed by atoms with Gasteiger partial charge in [0.1, 0.15) is 0 Å². The SMILES string of the molecule is CCSC1CCCC(NC(=O)N2CCC(C(C)O)CC2)C1. The van der Waals surface area contributed by atoms with Crippen molar-refractivity contribution in [2.24, 2.45) is 5.92 Å². The lowest BCUT2D eigenvalue weighted by Crippen LogP contribution is -2.49. The van der Waals surface area contributed by atoms with Gasteiger partial charge in [0, 0.05) is 24.4 Å². The first kappa shape index (κ1) is 16.9. The number of thioether (sulfide) groups is 1. The van der Waals surface area contributed by atoms with Crippen LogP contribution in [0, 0.1) is 5.92 Å². The highest BCUT2D eigenvalue weighted by atomic mass is 32.2. The minimum atomic E-state index is -0.250. The third-order valence-electron chi connectivity index (χ3n) is 4.87. The van der Waals surface area contributed by atoms with E-state index in [0.29, 0.717) is 12.0 Å². The summed E-state index contributed by atoms with van der Waals surface area (Å²) in [4.78, 5) is 14.3. The minimum absolute atomic E-state index is 0.103. The standard InChI is InChI=1S/C16H30N2O2S/c1-3-21-15-6-4-5-14(11-15)17-16(20)18-9-7-13(8-10-18)12(2)19/h12-15,19H,3-11H2,1-2H3,(H,17,20). The molecule has 2 N–H and O–H groups in total. The Balaban J connectivity index is 1.74. The molecule has 2 aliphatic rings. The zero-order valence-electron chi connectivity index (χ0n) is 13.4. The number of rotatable bonds is 4. The van der Waals surface area contributed by atoms with Crippen LogP contribution in [-0.2, 0) is 0 Å². The summed E-state index contributed by atoms with van der Waals surface area (Å²) in [6.07, 6.45) is 6.36. The van der Waals surface area contributed by atoms with Crippen LogP contribution in [0.3, 0.4) is 0 Å². The minimum Gasteiger partial charge on any atom is -0.393 e. The van der Waals surface area contributed by atoms with Crippen molar-refractivity contribution in [3.63, 3.8) is 0 Å². The summed E-state index contributed by atoms with van der Waals surface area (Å²) in [6, 6.07) is 0.455. The summed E-state index contributed by atoms with van der Waals surface area (Å²) >= 11 is 2.03. The maximum atomic E-state index is 12.4. The van der Waals surface area contributed by atoms with Crippen molar-refractivity contribution >= 4 is 17.8 Å². The van der Waals surface area contributed by atoms with E-state index in [9.17, 15) is 9.90 Å². The Bertz CT molecular complexity index is 328. The van der Waals surface area contributed by atoms with Crippen LogP contribution in [0.1, 0.15) is 52.4 Å². The van der Waals surface area contributed by atoms with Gasteiger partial charge in [0.15, 0.2) is 0 Å². The average molecular weight is 314 g/mol. The van der Waals surface area contributed by atoms with Gasteiger partial charge in [-0.1, -0.05) is 13.3 Å². The van der Waals surface area contributed by atoms with Gasteiger partial charge in [-0.2, -0.15) is 11.8 Å². The largest absolute Gasteiger partial charge is 0.393 e. The van der Waals surface area contributed by atoms with Gasteiger partial charge in [-0.25, -0.2) is 4.79 Å². The lowest BCUT2D eigenvalue weighted by Gasteiger charge is -2.35. The average Bonchev–Trinajstić information content (AvgIpc) is 2.48. The van der Waals surface area contributed by atoms with E-state index in [2.05, 4.69) is 12.2 Å². The van der Waals surface area contributed by atoms with Gasteiger partial charge < -0.3 is 15.3 Å². The molecule has 4 nitrogen and oxygen atoms in total. The quantitative estimate of drug-likeness (QED) is 0.839. The van der Waals surface area contributed by atoms with E-state index < -0.39 is 0 Å². The predicted molar refractivity (Wildman–Crippen MR) is 88.7 cm³/mol. The molecule has 3 unspecified atom stereocenters. The van der Waals surface area contributed by atoms with Crippen LogP contribution in [-0.4, -0.2) is 52.3 Å². The van der Waals surface area contributed by atoms with Gasteiger partial charge in [0.25, 0.3) is 0 Å². The highest BCUT2D eigenvalue weighted by molar-refractivity contribution is 7.99. The second-order valence-electron chi connectivity index (χ2n) is 6.46. The van der Waals surface area contributed by atoms with E-state index in [0.717, 1.165) is 49.8 Å². The number of amides is 2. The zero-order chi connectivity index (χ0) is 15.2. The highest BCUT2D eigenvalue weighted by Crippen LogP contribution is 2.28. The Morgan fingerprint density at radius 3 is 2.67 bits per heavy atom. The van der Waals surface area contributed by atoms with Crippen LogP contribution in [0.4, 0.5) is 4.79 Å². The predicted octanol–water partition coefficient (Wildman–Crippen LogP) is 2.85. The lowest BCUT2D eigenvalue weighted by atomic mass is 9.92. The van der Waals surface area contributed by atoms with E-state index in [1.165, 1.54) is 12.8 Å². The van der Waals surface area contributed by atoms with Crippen molar-refractivity contribution in [3.8, 4) is 0 Å². The number of piperidine rings is 1. The molecule has 0 bridgehead atoms. The number of nitrogens with zero attached hydrogens (tertiary/aromatic N) is 1. The molecule has 3 atom stereocenters. The Hall–Kier alpha value is -0.420. The lowest BCUT2D eigenvalue weighted by molar-refractivity contribution is 0.0790. The number of aliphatic hydroxyl groups is 1. The van der Waals surface area contributed by atoms with Gasteiger partial charge in [0.05, 0.1) is 6.10 Å². The summed E-state index contributed by atoms with van der Waals surface area (Å²) in [7, 11) is 0. The Morgan fingerprint density at radius 2 is 2.05 bits per heavy atom. The second-order valence-corrected chi connectivity index (χ2v) is 8.03. The molecule has 1 aliphatic carbocycles. The number of hydrogen-bond acceptors (Lipinski definition) is 3. The number of likely N-dealkylation sites (tertiary alicyclic amines) is 1. The first-order valence-corrected chi connectivity index (χ1v) is 9.50. The van der Waals surface area contributed by atoms with Crippen LogP contribution < -0.4 is 5.32 Å². The number of urea groups is 1.